The van der Waals surface area contributed by atoms with Gasteiger partial charge in [-0.1, -0.05) is 6.92 Å². The highest BCUT2D eigenvalue weighted by molar-refractivity contribution is 5.25. The number of nitrogens with one attached hydrogen (secondary N) is 1. The smallest absolute Gasteiger partial charge is 0.160 e. The van der Waals surface area contributed by atoms with Crippen LogP contribution in [0.3, 0.4) is 0 Å². The number of ether oxygens (including phenoxy) is 1. The number of fused-ring (bicyclic) bond motifs is 1. The minimum atomic E-state index is -0.265. The number of hydrogen-bond donors (Lipinski definition) is 1. The Labute approximate surface area is 121 Å². The molecule has 1 aromatic rings. The molecule has 4 heteroatoms. The van der Waals surface area contributed by atoms with Crippen LogP contribution in [0.25, 0.3) is 0 Å². The average Bonchev–Trinajstić information content (AvgIpc) is 2.92. The van der Waals surface area contributed by atoms with E-state index >= 15 is 0 Å². The quantitative estimate of drug-likeness (QED) is 0.918. The summed E-state index contributed by atoms with van der Waals surface area (Å²) in [5, 5.41) is 3.61. The Morgan fingerprint density at radius 3 is 3.10 bits per heavy atom. The Kier molecular flexibility index (Phi) is 4.03. The molecule has 0 bridgehead atoms. The normalized spacial score (nSPS) is 29.4. The van der Waals surface area contributed by atoms with Crippen LogP contribution in [-0.2, 0) is 16.8 Å². The van der Waals surface area contributed by atoms with Crippen molar-refractivity contribution in [1.29, 1.82) is 0 Å². The molecule has 0 amide bonds. The molecule has 1 aliphatic carbocycles. The van der Waals surface area contributed by atoms with Gasteiger partial charge in [-0.2, -0.15) is 0 Å². The molecule has 20 heavy (non-hydrogen) atoms. The summed E-state index contributed by atoms with van der Waals surface area (Å²) in [6.07, 6.45) is 8.83. The van der Waals surface area contributed by atoms with E-state index < -0.39 is 0 Å². The van der Waals surface area contributed by atoms with Gasteiger partial charge in [-0.15, -0.1) is 0 Å². The molecule has 0 spiro atoms. The summed E-state index contributed by atoms with van der Waals surface area (Å²) in [6, 6.07) is 0.435. The molecule has 2 aliphatic rings. The van der Waals surface area contributed by atoms with Gasteiger partial charge in [0.15, 0.2) is 5.82 Å². The molecule has 0 aromatic carbocycles. The highest BCUT2D eigenvalue weighted by Gasteiger charge is 2.35. The van der Waals surface area contributed by atoms with Crippen LogP contribution in [0.5, 0.6) is 0 Å². The second-order valence-electron chi connectivity index (χ2n) is 6.18. The van der Waals surface area contributed by atoms with Crippen molar-refractivity contribution in [3.05, 3.63) is 23.3 Å². The zero-order chi connectivity index (χ0) is 14.0. The first-order valence-electron chi connectivity index (χ1n) is 7.96. The molecule has 2 heterocycles. The van der Waals surface area contributed by atoms with E-state index in [1.807, 2.05) is 6.20 Å². The summed E-state index contributed by atoms with van der Waals surface area (Å²) >= 11 is 0. The lowest BCUT2D eigenvalue weighted by Gasteiger charge is -2.28. The van der Waals surface area contributed by atoms with Crippen LogP contribution >= 0.6 is 0 Å². The maximum atomic E-state index is 5.87. The zero-order valence-corrected chi connectivity index (χ0v) is 12.6. The van der Waals surface area contributed by atoms with Crippen molar-refractivity contribution in [2.75, 3.05) is 13.2 Å². The van der Waals surface area contributed by atoms with Gasteiger partial charge >= 0.3 is 0 Å². The minimum Gasteiger partial charge on any atom is -0.367 e. The van der Waals surface area contributed by atoms with E-state index in [0.29, 0.717) is 6.04 Å². The van der Waals surface area contributed by atoms with Crippen LogP contribution in [-0.4, -0.2) is 23.1 Å². The van der Waals surface area contributed by atoms with Crippen molar-refractivity contribution in [3.8, 4) is 0 Å². The fraction of sp³-hybridized carbons (Fsp3) is 0.750. The maximum Gasteiger partial charge on any atom is 0.160 e. The zero-order valence-electron chi connectivity index (χ0n) is 12.6. The summed E-state index contributed by atoms with van der Waals surface area (Å²) in [4.78, 5) is 9.48. The lowest BCUT2D eigenvalue weighted by molar-refractivity contribution is 0.00902. The highest BCUT2D eigenvalue weighted by atomic mass is 16.5. The lowest BCUT2D eigenvalue weighted by atomic mass is 9.91. The minimum absolute atomic E-state index is 0.265. The molecule has 3 rings (SSSR count). The second kappa shape index (κ2) is 5.78. The van der Waals surface area contributed by atoms with Gasteiger partial charge in [-0.05, 0) is 52.0 Å². The van der Waals surface area contributed by atoms with E-state index in [2.05, 4.69) is 24.1 Å². The fourth-order valence-corrected chi connectivity index (χ4v) is 3.29. The predicted molar refractivity (Wildman–Crippen MR) is 78.5 cm³/mol. The molecule has 0 saturated carbocycles. The summed E-state index contributed by atoms with van der Waals surface area (Å²) in [5.41, 5.74) is 2.26. The third-order valence-electron chi connectivity index (χ3n) is 4.51. The second-order valence-corrected chi connectivity index (χ2v) is 6.18. The number of aromatic nitrogens is 2. The molecule has 1 fully saturated rings. The van der Waals surface area contributed by atoms with Gasteiger partial charge in [0.2, 0.25) is 0 Å². The summed E-state index contributed by atoms with van der Waals surface area (Å²) in [6.45, 7) is 6.22. The van der Waals surface area contributed by atoms with Crippen LogP contribution in [0.1, 0.15) is 69.1 Å². The molecule has 2 unspecified atom stereocenters. The van der Waals surface area contributed by atoms with Crippen LogP contribution in [0.4, 0.5) is 0 Å². The largest absolute Gasteiger partial charge is 0.367 e. The monoisotopic (exact) mass is 275 g/mol. The fourth-order valence-electron chi connectivity index (χ4n) is 3.29. The van der Waals surface area contributed by atoms with Crippen molar-refractivity contribution in [1.82, 2.24) is 15.3 Å². The summed E-state index contributed by atoms with van der Waals surface area (Å²) < 4.78 is 5.87. The van der Waals surface area contributed by atoms with Gasteiger partial charge < -0.3 is 10.1 Å². The molecule has 1 aliphatic heterocycles. The van der Waals surface area contributed by atoms with E-state index in [1.165, 1.54) is 24.1 Å². The van der Waals surface area contributed by atoms with E-state index in [4.69, 9.17) is 9.72 Å². The topological polar surface area (TPSA) is 47.0 Å². The van der Waals surface area contributed by atoms with Crippen LogP contribution < -0.4 is 5.32 Å². The Morgan fingerprint density at radius 1 is 1.45 bits per heavy atom. The van der Waals surface area contributed by atoms with Crippen molar-refractivity contribution in [3.63, 3.8) is 0 Å². The predicted octanol–water partition coefficient (Wildman–Crippen LogP) is 2.88. The molecule has 4 nitrogen and oxygen atoms in total. The molecule has 1 N–H and O–H groups in total. The van der Waals surface area contributed by atoms with Gasteiger partial charge in [0.05, 0.1) is 0 Å². The van der Waals surface area contributed by atoms with Crippen LogP contribution in [0, 0.1) is 0 Å². The molecule has 1 aromatic heterocycles. The molecule has 1 saturated heterocycles. The summed E-state index contributed by atoms with van der Waals surface area (Å²) in [5.74, 6) is 0.880. The summed E-state index contributed by atoms with van der Waals surface area (Å²) in [7, 11) is 0. The van der Waals surface area contributed by atoms with Gasteiger partial charge in [-0.25, -0.2) is 9.97 Å². The standard InChI is InChI=1S/C16H25N3O/c1-3-9-17-13-6-4-7-14-12(13)11-18-15(19-14)16(2)8-5-10-20-16/h11,13,17H,3-10H2,1-2H3. The molecular weight excluding hydrogens is 250 g/mol. The Morgan fingerprint density at radius 2 is 2.35 bits per heavy atom. The van der Waals surface area contributed by atoms with Gasteiger partial charge in [-0.3, -0.25) is 0 Å². The first-order valence-corrected chi connectivity index (χ1v) is 7.96. The van der Waals surface area contributed by atoms with Crippen molar-refractivity contribution in [2.24, 2.45) is 0 Å². The van der Waals surface area contributed by atoms with Gasteiger partial charge in [0, 0.05) is 30.1 Å². The average molecular weight is 275 g/mol. The van der Waals surface area contributed by atoms with E-state index in [0.717, 1.165) is 44.7 Å². The van der Waals surface area contributed by atoms with Crippen molar-refractivity contribution >= 4 is 0 Å². The SMILES string of the molecule is CCCNC1CCCc2nc(C3(C)CCCO3)ncc21. The highest BCUT2D eigenvalue weighted by Crippen LogP contribution is 2.35. The van der Waals surface area contributed by atoms with E-state index in [-0.39, 0.29) is 5.60 Å². The third-order valence-corrected chi connectivity index (χ3v) is 4.51. The Bertz CT molecular complexity index is 469. The van der Waals surface area contributed by atoms with Gasteiger partial charge in [0.1, 0.15) is 5.60 Å². The van der Waals surface area contributed by atoms with Crippen LogP contribution in [0.15, 0.2) is 6.20 Å². The number of rotatable bonds is 4. The molecular formula is C16H25N3O. The third kappa shape index (κ3) is 2.59. The lowest BCUT2D eigenvalue weighted by Crippen LogP contribution is -2.29. The van der Waals surface area contributed by atoms with Gasteiger partial charge in [0.25, 0.3) is 0 Å². The van der Waals surface area contributed by atoms with E-state index in [9.17, 15) is 0 Å². The molecule has 0 radical (unpaired) electrons. The Hall–Kier alpha value is -1.00. The Balaban J connectivity index is 1.85. The maximum absolute atomic E-state index is 5.87. The van der Waals surface area contributed by atoms with Crippen molar-refractivity contribution < 1.29 is 4.74 Å². The van der Waals surface area contributed by atoms with Crippen LogP contribution in [0.2, 0.25) is 0 Å². The first kappa shape index (κ1) is 14.0. The van der Waals surface area contributed by atoms with E-state index in [1.54, 1.807) is 0 Å². The number of aryl methyl sites for hydroxylation is 1. The number of nitrogens with zero attached hydrogens (tertiary/aromatic N) is 2. The first-order chi connectivity index (χ1) is 9.73. The van der Waals surface area contributed by atoms with Crippen molar-refractivity contribution in [2.45, 2.75) is 64.0 Å². The molecule has 2 atom stereocenters. The molecule has 110 valence electrons. The number of hydrogen-bond acceptors (Lipinski definition) is 4.